The van der Waals surface area contributed by atoms with E-state index < -0.39 is 0 Å². The number of amides is 2. The lowest BCUT2D eigenvalue weighted by Gasteiger charge is -2.34. The van der Waals surface area contributed by atoms with Gasteiger partial charge < -0.3 is 14.5 Å². The molecule has 0 unspecified atom stereocenters. The van der Waals surface area contributed by atoms with Crippen LogP contribution in [0.5, 0.6) is 5.75 Å². The largest absolute Gasteiger partial charge is 0.496 e. The van der Waals surface area contributed by atoms with E-state index in [1.807, 2.05) is 30.3 Å². The first kappa shape index (κ1) is 19.0. The first-order valence-corrected chi connectivity index (χ1v) is 9.06. The van der Waals surface area contributed by atoms with Crippen molar-refractivity contribution in [1.29, 1.82) is 0 Å². The fraction of sp³-hybridized carbons (Fsp3) is 0.238. The van der Waals surface area contributed by atoms with E-state index in [1.54, 1.807) is 21.9 Å². The average molecular weight is 385 g/mol. The normalized spacial score (nSPS) is 14.0. The van der Waals surface area contributed by atoms with Gasteiger partial charge in [0.05, 0.1) is 12.7 Å². The molecule has 0 atom stereocenters. The molecule has 2 amide bonds. The third-order valence-corrected chi connectivity index (χ3v) is 4.97. The third kappa shape index (κ3) is 3.98. The molecule has 1 aliphatic rings. The van der Waals surface area contributed by atoms with Gasteiger partial charge in [-0.15, -0.1) is 0 Å². The lowest BCUT2D eigenvalue weighted by atomic mass is 10.0. The molecule has 5 nitrogen and oxygen atoms in total. The predicted octanol–water partition coefficient (Wildman–Crippen LogP) is 3.49. The second kappa shape index (κ2) is 8.27. The minimum Gasteiger partial charge on any atom is -0.496 e. The maximum atomic E-state index is 13.0. The highest BCUT2D eigenvalue weighted by molar-refractivity contribution is 6.33. The Kier molecular flexibility index (Phi) is 5.81. The Morgan fingerprint density at radius 3 is 2.30 bits per heavy atom. The minimum atomic E-state index is -0.154. The van der Waals surface area contributed by atoms with E-state index in [0.29, 0.717) is 42.5 Å². The van der Waals surface area contributed by atoms with Gasteiger partial charge in [-0.3, -0.25) is 9.59 Å². The highest BCUT2D eigenvalue weighted by Crippen LogP contribution is 2.35. The van der Waals surface area contributed by atoms with Crippen LogP contribution in [0.25, 0.3) is 11.1 Å². The topological polar surface area (TPSA) is 49.9 Å². The predicted molar refractivity (Wildman–Crippen MR) is 106 cm³/mol. The highest BCUT2D eigenvalue weighted by atomic mass is 35.5. The smallest absolute Gasteiger partial charge is 0.257 e. The zero-order valence-electron chi connectivity index (χ0n) is 15.2. The van der Waals surface area contributed by atoms with Gasteiger partial charge in [0.2, 0.25) is 5.91 Å². The van der Waals surface area contributed by atoms with E-state index in [9.17, 15) is 9.59 Å². The van der Waals surface area contributed by atoms with Crippen molar-refractivity contribution in [1.82, 2.24) is 9.80 Å². The Morgan fingerprint density at radius 1 is 1.07 bits per heavy atom. The monoisotopic (exact) mass is 384 g/mol. The highest BCUT2D eigenvalue weighted by Gasteiger charge is 2.26. The van der Waals surface area contributed by atoms with Crippen molar-refractivity contribution >= 4 is 23.4 Å². The van der Waals surface area contributed by atoms with E-state index in [2.05, 4.69) is 6.58 Å². The van der Waals surface area contributed by atoms with Crippen LogP contribution in [0.4, 0.5) is 0 Å². The molecule has 27 heavy (non-hydrogen) atoms. The molecule has 3 rings (SSSR count). The second-order valence-electron chi connectivity index (χ2n) is 6.22. The van der Waals surface area contributed by atoms with Gasteiger partial charge in [-0.05, 0) is 23.8 Å². The van der Waals surface area contributed by atoms with Crippen molar-refractivity contribution < 1.29 is 14.3 Å². The van der Waals surface area contributed by atoms with Crippen molar-refractivity contribution in [3.05, 3.63) is 65.7 Å². The van der Waals surface area contributed by atoms with Crippen LogP contribution in [0.15, 0.2) is 55.1 Å². The molecule has 1 aliphatic heterocycles. The number of nitrogens with zero attached hydrogens (tertiary/aromatic N) is 2. The fourth-order valence-corrected chi connectivity index (χ4v) is 3.43. The number of halogens is 1. The first-order valence-electron chi connectivity index (χ1n) is 8.68. The van der Waals surface area contributed by atoms with E-state index in [1.165, 1.54) is 13.2 Å². The van der Waals surface area contributed by atoms with E-state index in [4.69, 9.17) is 16.3 Å². The summed E-state index contributed by atoms with van der Waals surface area (Å²) in [6, 6.07) is 13.2. The minimum absolute atomic E-state index is 0.116. The van der Waals surface area contributed by atoms with Crippen molar-refractivity contribution in [3.63, 3.8) is 0 Å². The van der Waals surface area contributed by atoms with Crippen LogP contribution in [-0.2, 0) is 4.79 Å². The number of carbonyl (C=O) groups is 2. The summed E-state index contributed by atoms with van der Waals surface area (Å²) in [7, 11) is 1.54. The molecule has 6 heteroatoms. The summed E-state index contributed by atoms with van der Waals surface area (Å²) in [5.74, 6) is 0.210. The molecule has 0 aromatic heterocycles. The van der Waals surface area contributed by atoms with Gasteiger partial charge in [0.1, 0.15) is 5.75 Å². The number of benzene rings is 2. The van der Waals surface area contributed by atoms with Crippen LogP contribution in [0.2, 0.25) is 5.02 Å². The Labute approximate surface area is 163 Å². The summed E-state index contributed by atoms with van der Waals surface area (Å²) in [6.07, 6.45) is 1.29. The van der Waals surface area contributed by atoms with Gasteiger partial charge >= 0.3 is 0 Å². The molecule has 0 spiro atoms. The number of carbonyl (C=O) groups excluding carboxylic acids is 2. The van der Waals surface area contributed by atoms with Gasteiger partial charge in [-0.1, -0.05) is 48.5 Å². The van der Waals surface area contributed by atoms with Gasteiger partial charge in [-0.2, -0.15) is 0 Å². The molecule has 0 saturated carbocycles. The van der Waals surface area contributed by atoms with Crippen molar-refractivity contribution in [2.45, 2.75) is 0 Å². The quantitative estimate of drug-likeness (QED) is 0.758. The number of hydrogen-bond donors (Lipinski definition) is 0. The Bertz CT molecular complexity index is 859. The lowest BCUT2D eigenvalue weighted by molar-refractivity contribution is -0.127. The number of piperazine rings is 1. The molecule has 0 radical (unpaired) electrons. The van der Waals surface area contributed by atoms with E-state index in [-0.39, 0.29) is 11.8 Å². The van der Waals surface area contributed by atoms with Crippen LogP contribution >= 0.6 is 11.6 Å². The van der Waals surface area contributed by atoms with Crippen LogP contribution in [-0.4, -0.2) is 54.9 Å². The van der Waals surface area contributed by atoms with E-state index >= 15 is 0 Å². The Morgan fingerprint density at radius 2 is 1.70 bits per heavy atom. The second-order valence-corrected chi connectivity index (χ2v) is 6.63. The summed E-state index contributed by atoms with van der Waals surface area (Å²) >= 11 is 6.47. The lowest BCUT2D eigenvalue weighted by Crippen LogP contribution is -2.50. The maximum absolute atomic E-state index is 13.0. The van der Waals surface area contributed by atoms with Crippen molar-refractivity contribution in [2.75, 3.05) is 33.3 Å². The fourth-order valence-electron chi connectivity index (χ4n) is 3.16. The summed E-state index contributed by atoms with van der Waals surface area (Å²) < 4.78 is 5.47. The first-order chi connectivity index (χ1) is 13.0. The molecule has 0 N–H and O–H groups in total. The van der Waals surface area contributed by atoms with Gasteiger partial charge in [0.25, 0.3) is 5.91 Å². The van der Waals surface area contributed by atoms with Gasteiger partial charge in [-0.25, -0.2) is 0 Å². The SMILES string of the molecule is C=CC(=O)N1CCN(C(=O)c2cc(Cl)c(-c3ccccc3)cc2OC)CC1. The maximum Gasteiger partial charge on any atom is 0.257 e. The average Bonchev–Trinajstić information content (AvgIpc) is 2.73. The molecule has 140 valence electrons. The molecular formula is C21H21ClN2O3. The van der Waals surface area contributed by atoms with Crippen LogP contribution in [0.3, 0.4) is 0 Å². The van der Waals surface area contributed by atoms with Gasteiger partial charge in [0.15, 0.2) is 0 Å². The molecule has 1 fully saturated rings. The van der Waals surface area contributed by atoms with Crippen LogP contribution in [0.1, 0.15) is 10.4 Å². The van der Waals surface area contributed by atoms with E-state index in [0.717, 1.165) is 11.1 Å². The summed E-state index contributed by atoms with van der Waals surface area (Å²) in [5, 5.41) is 0.492. The molecule has 0 aliphatic carbocycles. The third-order valence-electron chi connectivity index (χ3n) is 4.66. The Hall–Kier alpha value is -2.79. The number of rotatable bonds is 4. The molecule has 2 aromatic rings. The van der Waals surface area contributed by atoms with Gasteiger partial charge in [0, 0.05) is 36.8 Å². The van der Waals surface area contributed by atoms with Crippen LogP contribution in [0, 0.1) is 0 Å². The molecule has 0 bridgehead atoms. The molecule has 1 heterocycles. The summed E-state index contributed by atoms with van der Waals surface area (Å²) in [5.41, 5.74) is 2.19. The summed E-state index contributed by atoms with van der Waals surface area (Å²) in [4.78, 5) is 28.1. The molecular weight excluding hydrogens is 364 g/mol. The standard InChI is InChI=1S/C21H21ClN2O3/c1-3-20(25)23-9-11-24(12-10-23)21(26)17-13-18(22)16(14-19(17)27-2)15-7-5-4-6-8-15/h3-8,13-14H,1,9-12H2,2H3. The summed E-state index contributed by atoms with van der Waals surface area (Å²) in [6.45, 7) is 5.38. The zero-order valence-corrected chi connectivity index (χ0v) is 15.9. The van der Waals surface area contributed by atoms with Crippen molar-refractivity contribution in [2.24, 2.45) is 0 Å². The zero-order chi connectivity index (χ0) is 19.4. The van der Waals surface area contributed by atoms with Crippen LogP contribution < -0.4 is 4.74 Å². The molecule has 1 saturated heterocycles. The molecule has 2 aromatic carbocycles. The Balaban J connectivity index is 1.84. The van der Waals surface area contributed by atoms with Crippen molar-refractivity contribution in [3.8, 4) is 16.9 Å². The number of methoxy groups -OCH3 is 1. The number of hydrogen-bond acceptors (Lipinski definition) is 3. The number of ether oxygens (including phenoxy) is 1.